The van der Waals surface area contributed by atoms with Crippen LogP contribution in [0.2, 0.25) is 0 Å². The topological polar surface area (TPSA) is 39.7 Å². The van der Waals surface area contributed by atoms with E-state index in [-0.39, 0.29) is 0 Å². The highest BCUT2D eigenvalue weighted by Crippen LogP contribution is 2.14. The molecule has 0 aromatic heterocycles. The van der Waals surface area contributed by atoms with Gasteiger partial charge in [0.05, 0.1) is 0 Å². The lowest BCUT2D eigenvalue weighted by molar-refractivity contribution is 0.308. The van der Waals surface area contributed by atoms with Crippen LogP contribution < -0.4 is 10.6 Å². The van der Waals surface area contributed by atoms with E-state index < -0.39 is 0 Å². The smallest absolute Gasteiger partial charge is 0.191 e. The third kappa shape index (κ3) is 6.94. The number of guanidine groups is 1. The van der Waals surface area contributed by atoms with Crippen molar-refractivity contribution in [2.45, 2.75) is 33.6 Å². The first-order valence-electron chi connectivity index (χ1n) is 8.50. The number of hydrogen-bond donors (Lipinski definition) is 2. The first-order chi connectivity index (χ1) is 10.7. The zero-order valence-corrected chi connectivity index (χ0v) is 14.6. The molecule has 1 atom stereocenters. The summed E-state index contributed by atoms with van der Waals surface area (Å²) in [6, 6.07) is 10.6. The van der Waals surface area contributed by atoms with Crippen molar-refractivity contribution in [3.8, 4) is 0 Å². The highest BCUT2D eigenvalue weighted by Gasteiger charge is 2.05. The number of hydrogen-bond acceptors (Lipinski definition) is 2. The monoisotopic (exact) mass is 304 g/mol. The summed E-state index contributed by atoms with van der Waals surface area (Å²) in [5.41, 5.74) is 1.34. The Kier molecular flexibility index (Phi) is 9.31. The van der Waals surface area contributed by atoms with Crippen LogP contribution in [0.4, 0.5) is 0 Å². The minimum atomic E-state index is 0.430. The SMILES string of the molecule is CCNC(=NCC(C)c1ccccc1)NCCN(CC)CC. The molecule has 0 saturated heterocycles. The van der Waals surface area contributed by atoms with Crippen molar-refractivity contribution in [2.75, 3.05) is 39.3 Å². The Balaban J connectivity index is 2.47. The van der Waals surface area contributed by atoms with Crippen molar-refractivity contribution >= 4 is 5.96 Å². The molecular weight excluding hydrogens is 272 g/mol. The van der Waals surface area contributed by atoms with E-state index in [4.69, 9.17) is 4.99 Å². The number of aliphatic imine (C=N–C) groups is 1. The van der Waals surface area contributed by atoms with Crippen LogP contribution in [-0.4, -0.2) is 50.1 Å². The van der Waals surface area contributed by atoms with Gasteiger partial charge in [-0.25, -0.2) is 0 Å². The van der Waals surface area contributed by atoms with Gasteiger partial charge in [0.25, 0.3) is 0 Å². The van der Waals surface area contributed by atoms with Gasteiger partial charge >= 0.3 is 0 Å². The van der Waals surface area contributed by atoms with E-state index in [0.717, 1.165) is 45.2 Å². The van der Waals surface area contributed by atoms with Gasteiger partial charge < -0.3 is 15.5 Å². The summed E-state index contributed by atoms with van der Waals surface area (Å²) in [5, 5.41) is 6.74. The van der Waals surface area contributed by atoms with Crippen LogP contribution in [0.3, 0.4) is 0 Å². The molecule has 4 heteroatoms. The second-order valence-corrected chi connectivity index (χ2v) is 5.49. The number of nitrogens with one attached hydrogen (secondary N) is 2. The Morgan fingerprint density at radius 2 is 1.77 bits per heavy atom. The van der Waals surface area contributed by atoms with Gasteiger partial charge in [0.2, 0.25) is 0 Å². The number of nitrogens with zero attached hydrogens (tertiary/aromatic N) is 2. The Morgan fingerprint density at radius 1 is 1.09 bits per heavy atom. The summed E-state index contributed by atoms with van der Waals surface area (Å²) in [6.45, 7) is 14.6. The van der Waals surface area contributed by atoms with E-state index in [1.807, 2.05) is 0 Å². The highest BCUT2D eigenvalue weighted by atomic mass is 15.2. The summed E-state index contributed by atoms with van der Waals surface area (Å²) in [7, 11) is 0. The Hall–Kier alpha value is -1.55. The van der Waals surface area contributed by atoms with Crippen molar-refractivity contribution in [1.82, 2.24) is 15.5 Å². The van der Waals surface area contributed by atoms with Crippen LogP contribution in [0.5, 0.6) is 0 Å². The molecule has 0 aliphatic carbocycles. The third-order valence-electron chi connectivity index (χ3n) is 3.85. The first kappa shape index (κ1) is 18.5. The van der Waals surface area contributed by atoms with Crippen LogP contribution in [0, 0.1) is 0 Å². The molecule has 1 aromatic carbocycles. The number of likely N-dealkylation sites (N-methyl/N-ethyl adjacent to an activating group) is 1. The molecule has 0 spiro atoms. The van der Waals surface area contributed by atoms with Gasteiger partial charge in [0.15, 0.2) is 5.96 Å². The standard InChI is InChI=1S/C18H32N4/c1-5-19-18(20-13-14-22(6-2)7-3)21-15-16(4)17-11-9-8-10-12-17/h8-12,16H,5-7,13-15H2,1-4H3,(H2,19,20,21). The van der Waals surface area contributed by atoms with Gasteiger partial charge in [0, 0.05) is 32.1 Å². The maximum atomic E-state index is 4.71. The van der Waals surface area contributed by atoms with Crippen molar-refractivity contribution < 1.29 is 0 Å². The van der Waals surface area contributed by atoms with E-state index in [1.165, 1.54) is 5.56 Å². The van der Waals surface area contributed by atoms with Crippen LogP contribution in [0.25, 0.3) is 0 Å². The van der Waals surface area contributed by atoms with Gasteiger partial charge in [-0.05, 0) is 25.6 Å². The van der Waals surface area contributed by atoms with Crippen LogP contribution in [-0.2, 0) is 0 Å². The molecule has 1 unspecified atom stereocenters. The van der Waals surface area contributed by atoms with Crippen LogP contribution in [0.1, 0.15) is 39.2 Å². The molecule has 2 N–H and O–H groups in total. The molecule has 0 aliphatic rings. The average Bonchev–Trinajstić information content (AvgIpc) is 2.57. The Bertz CT molecular complexity index is 412. The molecule has 124 valence electrons. The lowest BCUT2D eigenvalue weighted by Gasteiger charge is -2.19. The van der Waals surface area contributed by atoms with Crippen molar-refractivity contribution in [3.05, 3.63) is 35.9 Å². The zero-order valence-electron chi connectivity index (χ0n) is 14.6. The minimum absolute atomic E-state index is 0.430. The van der Waals surface area contributed by atoms with Crippen molar-refractivity contribution in [2.24, 2.45) is 4.99 Å². The molecule has 0 saturated carbocycles. The molecule has 0 radical (unpaired) electrons. The lowest BCUT2D eigenvalue weighted by Crippen LogP contribution is -2.41. The summed E-state index contributed by atoms with van der Waals surface area (Å²) in [4.78, 5) is 7.12. The fraction of sp³-hybridized carbons (Fsp3) is 0.611. The van der Waals surface area contributed by atoms with Crippen LogP contribution in [0.15, 0.2) is 35.3 Å². The lowest BCUT2D eigenvalue weighted by atomic mass is 10.0. The van der Waals surface area contributed by atoms with Gasteiger partial charge in [-0.1, -0.05) is 51.1 Å². The number of benzene rings is 1. The molecule has 1 rings (SSSR count). The average molecular weight is 304 g/mol. The second-order valence-electron chi connectivity index (χ2n) is 5.49. The largest absolute Gasteiger partial charge is 0.357 e. The second kappa shape index (κ2) is 11.1. The Labute approximate surface area is 136 Å². The first-order valence-corrected chi connectivity index (χ1v) is 8.50. The molecule has 0 bridgehead atoms. The summed E-state index contributed by atoms with van der Waals surface area (Å²) in [5.74, 6) is 1.34. The fourth-order valence-corrected chi connectivity index (χ4v) is 2.33. The van der Waals surface area contributed by atoms with E-state index >= 15 is 0 Å². The van der Waals surface area contributed by atoms with Gasteiger partial charge in [-0.3, -0.25) is 4.99 Å². The molecule has 0 aliphatic heterocycles. The summed E-state index contributed by atoms with van der Waals surface area (Å²) < 4.78 is 0. The van der Waals surface area contributed by atoms with Crippen molar-refractivity contribution in [3.63, 3.8) is 0 Å². The van der Waals surface area contributed by atoms with Gasteiger partial charge in [-0.15, -0.1) is 0 Å². The maximum absolute atomic E-state index is 4.71. The summed E-state index contributed by atoms with van der Waals surface area (Å²) >= 11 is 0. The highest BCUT2D eigenvalue weighted by molar-refractivity contribution is 5.79. The van der Waals surface area contributed by atoms with Gasteiger partial charge in [-0.2, -0.15) is 0 Å². The minimum Gasteiger partial charge on any atom is -0.357 e. The van der Waals surface area contributed by atoms with E-state index in [9.17, 15) is 0 Å². The predicted molar refractivity (Wildman–Crippen MR) is 96.6 cm³/mol. The number of rotatable bonds is 9. The van der Waals surface area contributed by atoms with Crippen LogP contribution >= 0.6 is 0 Å². The maximum Gasteiger partial charge on any atom is 0.191 e. The van der Waals surface area contributed by atoms with E-state index in [2.05, 4.69) is 73.6 Å². The van der Waals surface area contributed by atoms with Crippen molar-refractivity contribution in [1.29, 1.82) is 0 Å². The summed E-state index contributed by atoms with van der Waals surface area (Å²) in [6.07, 6.45) is 0. The van der Waals surface area contributed by atoms with E-state index in [0.29, 0.717) is 5.92 Å². The third-order valence-corrected chi connectivity index (χ3v) is 3.85. The Morgan fingerprint density at radius 3 is 2.36 bits per heavy atom. The van der Waals surface area contributed by atoms with E-state index in [1.54, 1.807) is 0 Å². The molecular formula is C18H32N4. The van der Waals surface area contributed by atoms with Gasteiger partial charge in [0.1, 0.15) is 0 Å². The molecule has 1 aromatic rings. The zero-order chi connectivity index (χ0) is 16.2. The normalized spacial score (nSPS) is 13.2. The molecule has 4 nitrogen and oxygen atoms in total. The molecule has 0 heterocycles. The molecule has 22 heavy (non-hydrogen) atoms. The fourth-order valence-electron chi connectivity index (χ4n) is 2.33. The molecule has 0 fully saturated rings. The molecule has 0 amide bonds. The predicted octanol–water partition coefficient (Wildman–Crippen LogP) is 2.69. The quantitative estimate of drug-likeness (QED) is 0.544.